The van der Waals surface area contributed by atoms with Crippen molar-refractivity contribution < 1.29 is 14.6 Å². The highest BCUT2D eigenvalue weighted by Crippen LogP contribution is 2.45. The monoisotopic (exact) mass is 442 g/mol. The summed E-state index contributed by atoms with van der Waals surface area (Å²) in [6.45, 7) is 1.86. The van der Waals surface area contributed by atoms with Crippen LogP contribution in [0.1, 0.15) is 48.5 Å². The molecule has 1 aliphatic rings. The number of carboxylic acids is 1. The molecule has 2 aromatic carbocycles. The van der Waals surface area contributed by atoms with E-state index in [1.807, 2.05) is 25.1 Å². The number of pyridine rings is 1. The van der Waals surface area contributed by atoms with Crippen LogP contribution in [0.4, 0.5) is 5.69 Å². The smallest absolute Gasteiger partial charge is 0.328 e. The van der Waals surface area contributed by atoms with Crippen molar-refractivity contribution in [2.45, 2.75) is 31.8 Å². The molecule has 30 heavy (non-hydrogen) atoms. The van der Waals surface area contributed by atoms with Gasteiger partial charge in [0.1, 0.15) is 11.9 Å². The SMILES string of the molecule is C[C@H](Oc1ccc2ncc(C=CC(=O)O)c(C3CC3)c2c1)c1c(Cl)ccc(N)c1Cl. The standard InChI is InChI=1S/C23H20Cl2N2O3/c1-12(21-17(24)6-7-18(26)23(21)25)30-15-5-8-19-16(10-15)22(13-2-3-13)14(11-27-19)4-9-20(28)29/h4-13H,2-3,26H2,1H3,(H,28,29)/t12-/m0/s1. The average Bonchev–Trinajstić information content (AvgIpc) is 3.54. The Hall–Kier alpha value is -2.76. The van der Waals surface area contributed by atoms with E-state index in [0.29, 0.717) is 33.0 Å². The number of nitrogens with two attached hydrogens (primary N) is 1. The lowest BCUT2D eigenvalue weighted by atomic mass is 9.99. The molecular formula is C23H20Cl2N2O3. The van der Waals surface area contributed by atoms with E-state index in [1.165, 1.54) is 0 Å². The molecule has 5 nitrogen and oxygen atoms in total. The number of rotatable bonds is 6. The third-order valence-corrected chi connectivity index (χ3v) is 5.93. The molecule has 0 aliphatic heterocycles. The molecule has 0 amide bonds. The Bertz CT molecular complexity index is 1170. The predicted molar refractivity (Wildman–Crippen MR) is 120 cm³/mol. The fourth-order valence-electron chi connectivity index (χ4n) is 3.62. The molecule has 0 radical (unpaired) electrons. The van der Waals surface area contributed by atoms with Crippen molar-refractivity contribution in [2.24, 2.45) is 0 Å². The Morgan fingerprint density at radius 1 is 1.30 bits per heavy atom. The third kappa shape index (κ3) is 4.09. The summed E-state index contributed by atoms with van der Waals surface area (Å²) >= 11 is 12.7. The second-order valence-corrected chi connectivity index (χ2v) is 8.16. The van der Waals surface area contributed by atoms with Crippen molar-refractivity contribution in [3.05, 3.63) is 69.3 Å². The summed E-state index contributed by atoms with van der Waals surface area (Å²) in [5.74, 6) is 0.0562. The second-order valence-electron chi connectivity index (χ2n) is 7.38. The van der Waals surface area contributed by atoms with Crippen LogP contribution in [0.2, 0.25) is 10.0 Å². The van der Waals surface area contributed by atoms with Crippen LogP contribution in [0.25, 0.3) is 17.0 Å². The number of halogens is 2. The number of hydrogen-bond acceptors (Lipinski definition) is 4. The van der Waals surface area contributed by atoms with Crippen LogP contribution in [0.5, 0.6) is 5.75 Å². The Morgan fingerprint density at radius 2 is 2.07 bits per heavy atom. The summed E-state index contributed by atoms with van der Waals surface area (Å²) in [6.07, 6.45) is 6.20. The molecule has 0 unspecified atom stereocenters. The molecule has 1 heterocycles. The van der Waals surface area contributed by atoms with E-state index in [1.54, 1.807) is 24.4 Å². The zero-order chi connectivity index (χ0) is 21.4. The minimum absolute atomic E-state index is 0.386. The van der Waals surface area contributed by atoms with Crippen molar-refractivity contribution in [3.63, 3.8) is 0 Å². The number of nitrogen functional groups attached to an aromatic ring is 1. The zero-order valence-corrected chi connectivity index (χ0v) is 17.7. The topological polar surface area (TPSA) is 85.4 Å². The summed E-state index contributed by atoms with van der Waals surface area (Å²) < 4.78 is 6.15. The maximum Gasteiger partial charge on any atom is 0.328 e. The van der Waals surface area contributed by atoms with Gasteiger partial charge in [0.05, 0.1) is 16.2 Å². The summed E-state index contributed by atoms with van der Waals surface area (Å²) in [6, 6.07) is 9.06. The van der Waals surface area contributed by atoms with Crippen LogP contribution >= 0.6 is 23.2 Å². The first-order chi connectivity index (χ1) is 14.3. The number of ether oxygens (including phenoxy) is 1. The molecule has 7 heteroatoms. The minimum atomic E-state index is -0.987. The molecule has 1 aliphatic carbocycles. The molecule has 1 aromatic heterocycles. The van der Waals surface area contributed by atoms with Gasteiger partial charge in [0.2, 0.25) is 0 Å². The van der Waals surface area contributed by atoms with Gasteiger partial charge in [-0.25, -0.2) is 4.79 Å². The van der Waals surface area contributed by atoms with E-state index in [-0.39, 0.29) is 0 Å². The predicted octanol–water partition coefficient (Wildman–Crippen LogP) is 6.24. The van der Waals surface area contributed by atoms with Gasteiger partial charge in [0.25, 0.3) is 0 Å². The van der Waals surface area contributed by atoms with Gasteiger partial charge in [-0.15, -0.1) is 0 Å². The molecular weight excluding hydrogens is 423 g/mol. The van der Waals surface area contributed by atoms with Gasteiger partial charge in [-0.2, -0.15) is 0 Å². The first-order valence-corrected chi connectivity index (χ1v) is 10.3. The second kappa shape index (κ2) is 8.17. The fourth-order valence-corrected chi connectivity index (χ4v) is 4.30. The molecule has 0 saturated heterocycles. The van der Waals surface area contributed by atoms with Crippen molar-refractivity contribution in [1.82, 2.24) is 4.98 Å². The van der Waals surface area contributed by atoms with Crippen molar-refractivity contribution >= 4 is 51.8 Å². The third-order valence-electron chi connectivity index (χ3n) is 5.18. The minimum Gasteiger partial charge on any atom is -0.486 e. The van der Waals surface area contributed by atoms with Crippen LogP contribution in [0.3, 0.4) is 0 Å². The Labute approximate surface area is 184 Å². The lowest BCUT2D eigenvalue weighted by Gasteiger charge is -2.19. The molecule has 0 bridgehead atoms. The molecule has 1 fully saturated rings. The first kappa shape index (κ1) is 20.5. The summed E-state index contributed by atoms with van der Waals surface area (Å²) in [5, 5.41) is 10.8. The van der Waals surface area contributed by atoms with E-state index in [2.05, 4.69) is 4.98 Å². The lowest BCUT2D eigenvalue weighted by molar-refractivity contribution is -0.131. The average molecular weight is 443 g/mol. The van der Waals surface area contributed by atoms with Crippen LogP contribution in [0, 0.1) is 0 Å². The molecule has 3 N–H and O–H groups in total. The maximum absolute atomic E-state index is 11.0. The first-order valence-electron chi connectivity index (χ1n) is 9.59. The molecule has 3 aromatic rings. The highest BCUT2D eigenvalue weighted by atomic mass is 35.5. The Morgan fingerprint density at radius 3 is 2.77 bits per heavy atom. The van der Waals surface area contributed by atoms with Crippen molar-refractivity contribution in [2.75, 3.05) is 5.73 Å². The van der Waals surface area contributed by atoms with Gasteiger partial charge in [-0.05, 0) is 73.2 Å². The summed E-state index contributed by atoms with van der Waals surface area (Å²) in [7, 11) is 0. The van der Waals surface area contributed by atoms with E-state index < -0.39 is 12.1 Å². The number of carboxylic acid groups (broad SMARTS) is 1. The van der Waals surface area contributed by atoms with Gasteiger partial charge < -0.3 is 15.6 Å². The van der Waals surface area contributed by atoms with Gasteiger partial charge in [-0.1, -0.05) is 23.2 Å². The van der Waals surface area contributed by atoms with E-state index in [4.69, 9.17) is 38.8 Å². The quantitative estimate of drug-likeness (QED) is 0.348. The molecule has 1 saturated carbocycles. The van der Waals surface area contributed by atoms with Gasteiger partial charge in [0.15, 0.2) is 0 Å². The Balaban J connectivity index is 1.73. The zero-order valence-electron chi connectivity index (χ0n) is 16.2. The Kier molecular flexibility index (Phi) is 5.58. The molecule has 1 atom stereocenters. The molecule has 154 valence electrons. The maximum atomic E-state index is 11.0. The number of fused-ring (bicyclic) bond motifs is 1. The van der Waals surface area contributed by atoms with Gasteiger partial charge in [0, 0.05) is 28.2 Å². The van der Waals surface area contributed by atoms with Crippen LogP contribution in [0.15, 0.2) is 42.6 Å². The van der Waals surface area contributed by atoms with Crippen LogP contribution in [-0.4, -0.2) is 16.1 Å². The van der Waals surface area contributed by atoms with Crippen molar-refractivity contribution in [1.29, 1.82) is 0 Å². The fraction of sp³-hybridized carbons (Fsp3) is 0.217. The van der Waals surface area contributed by atoms with E-state index in [9.17, 15) is 4.79 Å². The van der Waals surface area contributed by atoms with Crippen molar-refractivity contribution in [3.8, 4) is 5.75 Å². The number of hydrogen-bond donors (Lipinski definition) is 2. The molecule has 4 rings (SSSR count). The highest BCUT2D eigenvalue weighted by Gasteiger charge is 2.28. The van der Waals surface area contributed by atoms with Gasteiger partial charge >= 0.3 is 5.97 Å². The summed E-state index contributed by atoms with van der Waals surface area (Å²) in [5.41, 5.74) is 9.76. The lowest BCUT2D eigenvalue weighted by Crippen LogP contribution is -2.06. The number of nitrogens with zero attached hydrogens (tertiary/aromatic N) is 1. The van der Waals surface area contributed by atoms with E-state index >= 15 is 0 Å². The number of aromatic nitrogens is 1. The highest BCUT2D eigenvalue weighted by molar-refractivity contribution is 6.37. The van der Waals surface area contributed by atoms with E-state index in [0.717, 1.165) is 40.9 Å². The molecule has 0 spiro atoms. The number of anilines is 1. The number of carbonyl (C=O) groups is 1. The summed E-state index contributed by atoms with van der Waals surface area (Å²) in [4.78, 5) is 15.5. The normalized spacial score (nSPS) is 14.9. The number of benzene rings is 2. The van der Waals surface area contributed by atoms with Gasteiger partial charge in [-0.3, -0.25) is 4.98 Å². The van der Waals surface area contributed by atoms with Crippen LogP contribution in [-0.2, 0) is 4.79 Å². The largest absolute Gasteiger partial charge is 0.486 e. The van der Waals surface area contributed by atoms with Crippen LogP contribution < -0.4 is 10.5 Å². The number of aliphatic carboxylic acids is 1.